The van der Waals surface area contributed by atoms with E-state index in [0.717, 1.165) is 0 Å². The molecule has 5 nitrogen and oxygen atoms in total. The Kier molecular flexibility index (Phi) is 6.30. The lowest BCUT2D eigenvalue weighted by Gasteiger charge is -2.30. The molecule has 1 aromatic carbocycles. The lowest BCUT2D eigenvalue weighted by atomic mass is 9.94. The summed E-state index contributed by atoms with van der Waals surface area (Å²) >= 11 is 0. The molecule has 3 N–H and O–H groups in total. The van der Waals surface area contributed by atoms with E-state index in [-0.39, 0.29) is 18.7 Å². The first kappa shape index (κ1) is 17.1. The van der Waals surface area contributed by atoms with Crippen LogP contribution >= 0.6 is 0 Å². The van der Waals surface area contributed by atoms with Crippen LogP contribution in [-0.4, -0.2) is 35.6 Å². The number of amides is 2. The maximum Gasteiger partial charge on any atom is 0.254 e. The molecule has 0 atom stereocenters. The van der Waals surface area contributed by atoms with Gasteiger partial charge in [-0.15, -0.1) is 0 Å². The zero-order valence-electron chi connectivity index (χ0n) is 12.3. The van der Waals surface area contributed by atoms with Gasteiger partial charge in [0.2, 0.25) is 5.91 Å². The molecule has 0 aromatic heterocycles. The molecule has 2 amide bonds. The second-order valence-corrected chi connectivity index (χ2v) is 4.86. The molecule has 0 saturated heterocycles. The minimum absolute atomic E-state index is 0.107. The van der Waals surface area contributed by atoms with Gasteiger partial charge in [0.05, 0.1) is 24.3 Å². The Morgan fingerprint density at radius 3 is 2.38 bits per heavy atom. The molecule has 0 radical (unpaired) electrons. The summed E-state index contributed by atoms with van der Waals surface area (Å²) in [5.41, 5.74) is -0.788. The molecule has 0 fully saturated rings. The number of rotatable bonds is 7. The van der Waals surface area contributed by atoms with Gasteiger partial charge < -0.3 is 15.7 Å². The Bertz CT molecular complexity index is 493. The SMILES string of the molecule is CCC(CC)(CO)NC(=O)CNC(=O)c1ccccc1F. The van der Waals surface area contributed by atoms with Gasteiger partial charge in [-0.3, -0.25) is 9.59 Å². The first-order chi connectivity index (χ1) is 9.98. The lowest BCUT2D eigenvalue weighted by molar-refractivity contribution is -0.122. The number of aliphatic hydroxyl groups is 1. The standard InChI is InChI=1S/C15H21FN2O3/c1-3-15(4-2,10-19)18-13(20)9-17-14(21)11-7-5-6-8-12(11)16/h5-8,19H,3-4,9-10H2,1-2H3,(H,17,21)(H,18,20). The number of benzene rings is 1. The van der Waals surface area contributed by atoms with E-state index < -0.39 is 23.2 Å². The van der Waals surface area contributed by atoms with Crippen LogP contribution in [0.2, 0.25) is 0 Å². The van der Waals surface area contributed by atoms with Crippen LogP contribution in [0.3, 0.4) is 0 Å². The van der Waals surface area contributed by atoms with Crippen LogP contribution in [0.25, 0.3) is 0 Å². The molecule has 0 saturated carbocycles. The number of hydrogen-bond acceptors (Lipinski definition) is 3. The summed E-state index contributed by atoms with van der Waals surface area (Å²) in [5.74, 6) is -1.70. The Labute approximate surface area is 123 Å². The average molecular weight is 296 g/mol. The summed E-state index contributed by atoms with van der Waals surface area (Å²) in [6.45, 7) is 3.28. The van der Waals surface area contributed by atoms with Gasteiger partial charge in [0.25, 0.3) is 5.91 Å². The monoisotopic (exact) mass is 296 g/mol. The van der Waals surface area contributed by atoms with Crippen LogP contribution in [0.1, 0.15) is 37.0 Å². The third-order valence-corrected chi connectivity index (χ3v) is 3.59. The van der Waals surface area contributed by atoms with Crippen molar-refractivity contribution in [3.8, 4) is 0 Å². The molecular formula is C15H21FN2O3. The van der Waals surface area contributed by atoms with E-state index in [1.807, 2.05) is 13.8 Å². The molecule has 0 bridgehead atoms. The van der Waals surface area contributed by atoms with E-state index >= 15 is 0 Å². The van der Waals surface area contributed by atoms with Crippen molar-refractivity contribution in [2.75, 3.05) is 13.2 Å². The molecule has 0 unspecified atom stereocenters. The highest BCUT2D eigenvalue weighted by Crippen LogP contribution is 2.13. The third kappa shape index (κ3) is 4.53. The number of carbonyl (C=O) groups is 2. The predicted octanol–water partition coefficient (Wildman–Crippen LogP) is 1.22. The van der Waals surface area contributed by atoms with Crippen molar-refractivity contribution in [2.24, 2.45) is 0 Å². The van der Waals surface area contributed by atoms with E-state index in [2.05, 4.69) is 10.6 Å². The van der Waals surface area contributed by atoms with Gasteiger partial charge in [0.15, 0.2) is 0 Å². The second kappa shape index (κ2) is 7.73. The van der Waals surface area contributed by atoms with Gasteiger partial charge in [-0.25, -0.2) is 4.39 Å². The maximum absolute atomic E-state index is 13.4. The number of hydrogen-bond donors (Lipinski definition) is 3. The van der Waals surface area contributed by atoms with Crippen molar-refractivity contribution in [3.63, 3.8) is 0 Å². The maximum atomic E-state index is 13.4. The van der Waals surface area contributed by atoms with Crippen molar-refractivity contribution in [3.05, 3.63) is 35.6 Å². The Morgan fingerprint density at radius 1 is 1.24 bits per heavy atom. The minimum atomic E-state index is -0.681. The molecule has 116 valence electrons. The van der Waals surface area contributed by atoms with Crippen LogP contribution in [0.5, 0.6) is 0 Å². The highest BCUT2D eigenvalue weighted by molar-refractivity contribution is 5.96. The van der Waals surface area contributed by atoms with E-state index in [9.17, 15) is 19.1 Å². The van der Waals surface area contributed by atoms with Crippen LogP contribution in [0.4, 0.5) is 4.39 Å². The van der Waals surface area contributed by atoms with Crippen molar-refractivity contribution in [1.82, 2.24) is 10.6 Å². The van der Waals surface area contributed by atoms with Crippen LogP contribution in [0, 0.1) is 5.82 Å². The second-order valence-electron chi connectivity index (χ2n) is 4.86. The molecule has 6 heteroatoms. The lowest BCUT2D eigenvalue weighted by Crippen LogP contribution is -2.53. The van der Waals surface area contributed by atoms with E-state index in [1.165, 1.54) is 18.2 Å². The summed E-state index contributed by atoms with van der Waals surface area (Å²) in [5, 5.41) is 14.4. The molecule has 0 aliphatic rings. The number of carbonyl (C=O) groups excluding carboxylic acids is 2. The normalized spacial score (nSPS) is 11.0. The molecule has 0 spiro atoms. The topological polar surface area (TPSA) is 78.4 Å². The van der Waals surface area contributed by atoms with Crippen molar-refractivity contribution in [2.45, 2.75) is 32.2 Å². The third-order valence-electron chi connectivity index (χ3n) is 3.59. The van der Waals surface area contributed by atoms with E-state index in [1.54, 1.807) is 6.07 Å². The van der Waals surface area contributed by atoms with Crippen LogP contribution in [0.15, 0.2) is 24.3 Å². The molecule has 1 rings (SSSR count). The zero-order valence-corrected chi connectivity index (χ0v) is 12.3. The van der Waals surface area contributed by atoms with Crippen molar-refractivity contribution < 1.29 is 19.1 Å². The molecular weight excluding hydrogens is 275 g/mol. The molecule has 0 aliphatic heterocycles. The predicted molar refractivity (Wildman–Crippen MR) is 77.3 cm³/mol. The Balaban J connectivity index is 2.57. The summed E-state index contributed by atoms with van der Waals surface area (Å²) in [4.78, 5) is 23.6. The molecule has 21 heavy (non-hydrogen) atoms. The fourth-order valence-electron chi connectivity index (χ4n) is 1.93. The van der Waals surface area contributed by atoms with Crippen molar-refractivity contribution >= 4 is 11.8 Å². The first-order valence-corrected chi connectivity index (χ1v) is 6.92. The smallest absolute Gasteiger partial charge is 0.254 e. The largest absolute Gasteiger partial charge is 0.394 e. The zero-order chi connectivity index (χ0) is 15.9. The number of nitrogens with one attached hydrogen (secondary N) is 2. The highest BCUT2D eigenvalue weighted by Gasteiger charge is 2.27. The summed E-state index contributed by atoms with van der Waals surface area (Å²) < 4.78 is 13.4. The molecule has 0 heterocycles. The minimum Gasteiger partial charge on any atom is -0.394 e. The van der Waals surface area contributed by atoms with Crippen molar-refractivity contribution in [1.29, 1.82) is 0 Å². The van der Waals surface area contributed by atoms with E-state index in [0.29, 0.717) is 12.8 Å². The Hall–Kier alpha value is -1.95. The van der Waals surface area contributed by atoms with Gasteiger partial charge >= 0.3 is 0 Å². The number of halogens is 1. The van der Waals surface area contributed by atoms with Gasteiger partial charge in [-0.05, 0) is 25.0 Å². The van der Waals surface area contributed by atoms with Gasteiger partial charge in [-0.1, -0.05) is 26.0 Å². The fraction of sp³-hybridized carbons (Fsp3) is 0.467. The summed E-state index contributed by atoms with van der Waals surface area (Å²) in [7, 11) is 0. The molecule has 0 aliphatic carbocycles. The van der Waals surface area contributed by atoms with Gasteiger partial charge in [0.1, 0.15) is 5.82 Å². The highest BCUT2D eigenvalue weighted by atomic mass is 19.1. The summed E-state index contributed by atoms with van der Waals surface area (Å²) in [6.07, 6.45) is 1.15. The number of aliphatic hydroxyl groups excluding tert-OH is 1. The van der Waals surface area contributed by atoms with Gasteiger partial charge in [0, 0.05) is 0 Å². The van der Waals surface area contributed by atoms with Crippen LogP contribution in [-0.2, 0) is 4.79 Å². The summed E-state index contributed by atoms with van der Waals surface area (Å²) in [6, 6.07) is 5.55. The van der Waals surface area contributed by atoms with E-state index in [4.69, 9.17) is 0 Å². The Morgan fingerprint density at radius 2 is 1.86 bits per heavy atom. The first-order valence-electron chi connectivity index (χ1n) is 6.92. The average Bonchev–Trinajstić information content (AvgIpc) is 2.51. The quantitative estimate of drug-likeness (QED) is 0.708. The van der Waals surface area contributed by atoms with Gasteiger partial charge in [-0.2, -0.15) is 0 Å². The fourth-order valence-corrected chi connectivity index (χ4v) is 1.93. The van der Waals surface area contributed by atoms with Crippen LogP contribution < -0.4 is 10.6 Å². The molecule has 1 aromatic rings.